The summed E-state index contributed by atoms with van der Waals surface area (Å²) in [6.45, 7) is 23.7. The van der Waals surface area contributed by atoms with Crippen LogP contribution in [0.1, 0.15) is 56.1 Å². The summed E-state index contributed by atoms with van der Waals surface area (Å²) in [4.78, 5) is 4.00. The largest absolute Gasteiger partial charge is 0.543 e. The highest BCUT2D eigenvalue weighted by molar-refractivity contribution is 6.79. The number of nitrogens with one attached hydrogen (secondary N) is 1. The van der Waals surface area contributed by atoms with E-state index in [1.54, 1.807) is 11.1 Å². The van der Waals surface area contributed by atoms with Crippen LogP contribution in [0, 0.1) is 17.3 Å². The van der Waals surface area contributed by atoms with Gasteiger partial charge in [-0.15, -0.1) is 0 Å². The predicted octanol–water partition coefficient (Wildman–Crippen LogP) is 8.22. The van der Waals surface area contributed by atoms with Gasteiger partial charge in [0.25, 0.3) is 0 Å². The average molecular weight is 504 g/mol. The maximum absolute atomic E-state index is 6.78. The van der Waals surface area contributed by atoms with Crippen LogP contribution >= 0.6 is 0 Å². The highest BCUT2D eigenvalue weighted by atomic mass is 28.4. The van der Waals surface area contributed by atoms with Gasteiger partial charge in [0, 0.05) is 0 Å². The zero-order chi connectivity index (χ0) is 24.4. The van der Waals surface area contributed by atoms with Crippen molar-refractivity contribution in [2.24, 2.45) is 17.3 Å². The molecule has 0 radical (unpaired) electrons. The summed E-state index contributed by atoms with van der Waals surface area (Å²) in [7, 11) is -4.69. The van der Waals surface area contributed by atoms with Crippen molar-refractivity contribution in [3.05, 3.63) is 23.3 Å². The van der Waals surface area contributed by atoms with Gasteiger partial charge < -0.3 is 13.8 Å². The monoisotopic (exact) mass is 503 g/mol. The zero-order valence-electron chi connectivity index (χ0n) is 23.0. The molecule has 3 aliphatic carbocycles. The molecule has 1 aromatic rings. The Morgan fingerprint density at radius 1 is 0.879 bits per heavy atom. The number of hydrogen-bond acceptors (Lipinski definition) is 3. The first kappa shape index (κ1) is 25.5. The van der Waals surface area contributed by atoms with E-state index in [0.29, 0.717) is 17.4 Å². The van der Waals surface area contributed by atoms with Gasteiger partial charge in [0.2, 0.25) is 8.32 Å². The Kier molecular flexibility index (Phi) is 6.59. The molecule has 6 heteroatoms. The number of hydrogen-bond donors (Lipinski definition) is 1. The van der Waals surface area contributed by atoms with Crippen molar-refractivity contribution in [1.82, 2.24) is 0 Å². The van der Waals surface area contributed by atoms with Crippen molar-refractivity contribution < 1.29 is 8.85 Å². The van der Waals surface area contributed by atoms with Crippen LogP contribution in [0.5, 0.6) is 5.75 Å². The summed E-state index contributed by atoms with van der Waals surface area (Å²) in [6.07, 6.45) is 8.26. The molecule has 0 heterocycles. The molecule has 0 bridgehead atoms. The van der Waals surface area contributed by atoms with E-state index in [-0.39, 0.29) is 0 Å². The van der Waals surface area contributed by atoms with E-state index >= 15 is 0 Å². The van der Waals surface area contributed by atoms with Gasteiger partial charge in [0.15, 0.2) is 8.32 Å². The van der Waals surface area contributed by atoms with Crippen LogP contribution in [0.15, 0.2) is 12.1 Å². The topological polar surface area (TPSA) is 30.5 Å². The molecular formula is C27H49NO2Si3. The fraction of sp³-hybridized carbons (Fsp3) is 0.778. The lowest BCUT2D eigenvalue weighted by molar-refractivity contribution is -0.0140. The molecule has 186 valence electrons. The number of rotatable bonds is 6. The van der Waals surface area contributed by atoms with E-state index in [2.05, 4.69) is 83.0 Å². The summed E-state index contributed by atoms with van der Waals surface area (Å²) in [6, 6.07) is 4.76. The normalized spacial score (nSPS) is 32.1. The molecule has 3 nitrogen and oxygen atoms in total. The fourth-order valence-corrected chi connectivity index (χ4v) is 10.2. The van der Waals surface area contributed by atoms with Gasteiger partial charge in [0.05, 0.1) is 11.8 Å². The Morgan fingerprint density at radius 2 is 1.58 bits per heavy atom. The highest BCUT2D eigenvalue weighted by Crippen LogP contribution is 2.62. The maximum atomic E-state index is 6.78. The van der Waals surface area contributed by atoms with E-state index in [4.69, 9.17) is 8.85 Å². The molecule has 33 heavy (non-hydrogen) atoms. The molecule has 0 spiro atoms. The Bertz CT molecular complexity index is 883. The summed E-state index contributed by atoms with van der Waals surface area (Å²) in [5.41, 5.74) is 4.92. The van der Waals surface area contributed by atoms with Gasteiger partial charge in [-0.1, -0.05) is 32.6 Å². The lowest BCUT2D eigenvalue weighted by Crippen LogP contribution is -2.47. The molecule has 0 unspecified atom stereocenters. The highest BCUT2D eigenvalue weighted by Gasteiger charge is 2.56. The second kappa shape index (κ2) is 8.52. The van der Waals surface area contributed by atoms with Crippen LogP contribution in [-0.4, -0.2) is 31.0 Å². The van der Waals surface area contributed by atoms with E-state index in [1.165, 1.54) is 44.2 Å². The standard InChI is InChI=1S/C27H49NO2Si3/c1-27-18-17-20-19-13-15-24(29-32(5,6)7)26(28-31(2,3)4)22(19)12-11-21(20)23(27)14-16-25(27)30-33(8,9)10/h13,15,20-21,23,25,28H,11-12,14,16-18H2,1-10H3/t20-,21-,23+,25+,27+/m1/s1. The van der Waals surface area contributed by atoms with E-state index in [9.17, 15) is 0 Å². The minimum atomic E-state index is -1.67. The van der Waals surface area contributed by atoms with Crippen LogP contribution < -0.4 is 9.41 Å². The third-order valence-corrected chi connectivity index (χ3v) is 11.0. The van der Waals surface area contributed by atoms with Crippen molar-refractivity contribution in [3.8, 4) is 5.75 Å². The summed E-state index contributed by atoms with van der Waals surface area (Å²) < 4.78 is 13.4. The second-order valence-corrected chi connectivity index (χ2v) is 28.0. The van der Waals surface area contributed by atoms with Crippen LogP contribution in [0.4, 0.5) is 5.69 Å². The molecule has 0 saturated heterocycles. The molecule has 0 aliphatic heterocycles. The van der Waals surface area contributed by atoms with Gasteiger partial charge in [-0.2, -0.15) is 0 Å². The minimum Gasteiger partial charge on any atom is -0.543 e. The first-order valence-electron chi connectivity index (χ1n) is 13.4. The molecule has 2 fully saturated rings. The van der Waals surface area contributed by atoms with Crippen molar-refractivity contribution in [2.75, 3.05) is 4.98 Å². The predicted molar refractivity (Wildman–Crippen MR) is 150 cm³/mol. The fourth-order valence-electron chi connectivity index (χ4n) is 7.15. The number of anilines is 1. The van der Waals surface area contributed by atoms with E-state index in [0.717, 1.165) is 17.6 Å². The van der Waals surface area contributed by atoms with E-state index in [1.807, 2.05) is 0 Å². The lowest BCUT2D eigenvalue weighted by Gasteiger charge is -2.51. The molecule has 2 saturated carbocycles. The van der Waals surface area contributed by atoms with E-state index < -0.39 is 24.9 Å². The molecule has 1 aromatic carbocycles. The van der Waals surface area contributed by atoms with Crippen LogP contribution in [0.25, 0.3) is 0 Å². The summed E-state index contributed by atoms with van der Waals surface area (Å²) in [5.74, 6) is 3.45. The first-order chi connectivity index (χ1) is 15.1. The number of fused-ring (bicyclic) bond motifs is 5. The molecule has 5 atom stereocenters. The Balaban J connectivity index is 1.67. The molecule has 1 N–H and O–H groups in total. The third-order valence-electron chi connectivity index (χ3n) is 8.20. The van der Waals surface area contributed by atoms with Gasteiger partial charge in [0.1, 0.15) is 14.0 Å². The van der Waals surface area contributed by atoms with Gasteiger partial charge in [-0.05, 0) is 118 Å². The minimum absolute atomic E-state index is 0.374. The smallest absolute Gasteiger partial charge is 0.242 e. The Morgan fingerprint density at radius 3 is 2.18 bits per heavy atom. The maximum Gasteiger partial charge on any atom is 0.242 e. The Hall–Kier alpha value is -0.569. The molecule has 0 aromatic heterocycles. The van der Waals surface area contributed by atoms with Crippen molar-refractivity contribution in [1.29, 1.82) is 0 Å². The molecular weight excluding hydrogens is 455 g/mol. The molecule has 3 aliphatic rings. The van der Waals surface area contributed by atoms with Crippen LogP contribution in [0.2, 0.25) is 58.9 Å². The lowest BCUT2D eigenvalue weighted by atomic mass is 9.55. The number of benzene rings is 1. The Labute approximate surface area is 206 Å². The van der Waals surface area contributed by atoms with Crippen molar-refractivity contribution in [3.63, 3.8) is 0 Å². The van der Waals surface area contributed by atoms with Crippen LogP contribution in [0.3, 0.4) is 0 Å². The van der Waals surface area contributed by atoms with Gasteiger partial charge >= 0.3 is 0 Å². The van der Waals surface area contributed by atoms with Crippen molar-refractivity contribution in [2.45, 2.75) is 116 Å². The molecule has 0 amide bonds. The SMILES string of the molecule is C[C@]12CC[C@@H]3c4ccc(O[Si](C)(C)C)c(N[Si](C)(C)C)c4CC[C@H]3[C@@H]1CC[C@@H]2O[Si](C)(C)C. The summed E-state index contributed by atoms with van der Waals surface area (Å²) >= 11 is 0. The quantitative estimate of drug-likeness (QED) is 0.397. The van der Waals surface area contributed by atoms with Gasteiger partial charge in [-0.3, -0.25) is 0 Å². The van der Waals surface area contributed by atoms with Crippen molar-refractivity contribution >= 4 is 30.6 Å². The zero-order valence-corrected chi connectivity index (χ0v) is 26.0. The average Bonchev–Trinajstić information content (AvgIpc) is 2.96. The molecule has 4 rings (SSSR count). The summed E-state index contributed by atoms with van der Waals surface area (Å²) in [5, 5.41) is 0. The second-order valence-electron chi connectivity index (χ2n) is 14.4. The third kappa shape index (κ3) is 5.34. The first-order valence-corrected chi connectivity index (χ1v) is 23.7. The van der Waals surface area contributed by atoms with Gasteiger partial charge in [-0.25, -0.2) is 0 Å². The van der Waals surface area contributed by atoms with Crippen LogP contribution in [-0.2, 0) is 10.8 Å².